The summed E-state index contributed by atoms with van der Waals surface area (Å²) in [4.78, 5) is 28.9. The molecule has 2 aromatic carbocycles. The fraction of sp³-hybridized carbons (Fsp3) is 0.467. The number of hydrogen-bond acceptors (Lipinski definition) is 7. The van der Waals surface area contributed by atoms with Gasteiger partial charge in [-0.1, -0.05) is 18.6 Å². The molecule has 2 atom stereocenters. The molecule has 11 nitrogen and oxygen atoms in total. The highest BCUT2D eigenvalue weighted by molar-refractivity contribution is 7.89. The molecule has 0 spiro atoms. The van der Waals surface area contributed by atoms with Crippen molar-refractivity contribution in [1.82, 2.24) is 8.61 Å². The average molecular weight is 629 g/mol. The summed E-state index contributed by atoms with van der Waals surface area (Å²) in [6.45, 7) is 1.77. The first kappa shape index (κ1) is 29.8. The van der Waals surface area contributed by atoms with Gasteiger partial charge in [0.1, 0.15) is 6.04 Å². The van der Waals surface area contributed by atoms with E-state index in [1.54, 1.807) is 27.4 Å². The largest absolute Gasteiger partial charge is 0.452 e. The van der Waals surface area contributed by atoms with Crippen molar-refractivity contribution in [1.29, 1.82) is 0 Å². The van der Waals surface area contributed by atoms with Crippen molar-refractivity contribution in [2.24, 2.45) is 5.92 Å². The van der Waals surface area contributed by atoms with Crippen molar-refractivity contribution < 1.29 is 30.8 Å². The lowest BCUT2D eigenvalue weighted by Gasteiger charge is -2.33. The number of benzene rings is 2. The molecule has 1 N–H and O–H groups in total. The number of amides is 2. The Labute approximate surface area is 251 Å². The van der Waals surface area contributed by atoms with Crippen LogP contribution in [0.2, 0.25) is 0 Å². The molecule has 2 amide bonds. The van der Waals surface area contributed by atoms with Crippen LogP contribution in [-0.4, -0.2) is 75.7 Å². The predicted molar refractivity (Wildman–Crippen MR) is 163 cm³/mol. The fourth-order valence-electron chi connectivity index (χ4n) is 6.64. The SMILES string of the molecule is CS(=O)(=O)N1CCCC(CCN2C(=O)c3cccc4c(NC(=O)C5CCCCN5S(=O)(=O)c5ccco5)ccc2c34)CC1. The maximum atomic E-state index is 13.6. The number of piperidine rings is 1. The topological polar surface area (TPSA) is 137 Å². The van der Waals surface area contributed by atoms with Crippen LogP contribution in [-0.2, 0) is 24.8 Å². The zero-order valence-corrected chi connectivity index (χ0v) is 25.7. The van der Waals surface area contributed by atoms with E-state index in [9.17, 15) is 26.4 Å². The van der Waals surface area contributed by atoms with Gasteiger partial charge >= 0.3 is 0 Å². The van der Waals surface area contributed by atoms with Crippen molar-refractivity contribution in [3.8, 4) is 0 Å². The number of hydrogen-bond donors (Lipinski definition) is 1. The van der Waals surface area contributed by atoms with Gasteiger partial charge < -0.3 is 14.6 Å². The fourth-order valence-corrected chi connectivity index (χ4v) is 9.11. The Morgan fingerprint density at radius 1 is 0.953 bits per heavy atom. The van der Waals surface area contributed by atoms with E-state index >= 15 is 0 Å². The molecule has 0 saturated carbocycles. The lowest BCUT2D eigenvalue weighted by molar-refractivity contribution is -0.120. The van der Waals surface area contributed by atoms with Crippen LogP contribution in [0.1, 0.15) is 55.3 Å². The minimum atomic E-state index is -3.97. The molecular formula is C30H36N4O7S2. The Morgan fingerprint density at radius 3 is 2.56 bits per heavy atom. The van der Waals surface area contributed by atoms with E-state index in [0.717, 1.165) is 43.2 Å². The van der Waals surface area contributed by atoms with E-state index in [4.69, 9.17) is 4.42 Å². The Kier molecular flexibility index (Phi) is 8.09. The van der Waals surface area contributed by atoms with E-state index in [0.29, 0.717) is 55.0 Å². The summed E-state index contributed by atoms with van der Waals surface area (Å²) in [5, 5.41) is 4.25. The second-order valence-electron chi connectivity index (χ2n) is 11.6. The van der Waals surface area contributed by atoms with E-state index in [-0.39, 0.29) is 17.5 Å². The van der Waals surface area contributed by atoms with Gasteiger partial charge in [0, 0.05) is 48.2 Å². The van der Waals surface area contributed by atoms with Gasteiger partial charge in [-0.2, -0.15) is 4.31 Å². The highest BCUT2D eigenvalue weighted by atomic mass is 32.2. The van der Waals surface area contributed by atoms with Gasteiger partial charge in [0.2, 0.25) is 21.0 Å². The third kappa shape index (κ3) is 5.70. The summed E-state index contributed by atoms with van der Waals surface area (Å²) in [5.74, 6) is -0.208. The molecule has 2 unspecified atom stereocenters. The molecule has 1 aromatic heterocycles. The summed E-state index contributed by atoms with van der Waals surface area (Å²) >= 11 is 0. The molecule has 3 aliphatic heterocycles. The Bertz CT molecular complexity index is 1760. The van der Waals surface area contributed by atoms with Crippen molar-refractivity contribution >= 4 is 54.0 Å². The third-order valence-electron chi connectivity index (χ3n) is 8.89. The standard InChI is InChI=1S/C30H36N4O7S2/c1-42(37,38)32-16-5-7-21(14-18-32)15-19-33-25-13-12-24(22-8-4-9-23(28(22)25)30(33)36)31-29(35)26-10-2-3-17-34(26)43(39,40)27-11-6-20-41-27/h4,6,8-9,11-13,20-21,26H,2-3,5,7,10,14-19H2,1H3,(H,31,35). The lowest BCUT2D eigenvalue weighted by atomic mass is 9.96. The van der Waals surface area contributed by atoms with Gasteiger partial charge in [0.05, 0.1) is 18.2 Å². The molecule has 2 saturated heterocycles. The Balaban J connectivity index is 1.20. The van der Waals surface area contributed by atoms with Crippen LogP contribution in [0, 0.1) is 5.92 Å². The van der Waals surface area contributed by atoms with Gasteiger partial charge in [0.25, 0.3) is 15.9 Å². The first-order valence-corrected chi connectivity index (χ1v) is 18.0. The second-order valence-corrected chi connectivity index (χ2v) is 15.4. The van der Waals surface area contributed by atoms with E-state index < -0.39 is 32.0 Å². The number of furan rings is 1. The molecule has 0 aliphatic carbocycles. The van der Waals surface area contributed by atoms with Crippen LogP contribution in [0.4, 0.5) is 11.4 Å². The van der Waals surface area contributed by atoms with Crippen LogP contribution < -0.4 is 10.2 Å². The van der Waals surface area contributed by atoms with Crippen molar-refractivity contribution in [2.45, 2.75) is 56.1 Å². The zero-order chi connectivity index (χ0) is 30.4. The van der Waals surface area contributed by atoms with Crippen LogP contribution in [0.5, 0.6) is 0 Å². The van der Waals surface area contributed by atoms with Gasteiger partial charge in [-0.3, -0.25) is 9.59 Å². The number of anilines is 2. The van der Waals surface area contributed by atoms with E-state index in [2.05, 4.69) is 5.32 Å². The molecule has 3 aliphatic rings. The number of rotatable bonds is 8. The molecule has 43 heavy (non-hydrogen) atoms. The van der Waals surface area contributed by atoms with Crippen LogP contribution >= 0.6 is 0 Å². The number of nitrogens with zero attached hydrogens (tertiary/aromatic N) is 3. The molecule has 4 heterocycles. The molecule has 2 fully saturated rings. The summed E-state index contributed by atoms with van der Waals surface area (Å²) in [6, 6.07) is 11.0. The summed E-state index contributed by atoms with van der Waals surface area (Å²) in [5.41, 5.74) is 1.86. The quantitative estimate of drug-likeness (QED) is 0.398. The zero-order valence-electron chi connectivity index (χ0n) is 24.1. The number of sulfonamides is 2. The Morgan fingerprint density at radius 2 is 1.79 bits per heavy atom. The summed E-state index contributed by atoms with van der Waals surface area (Å²) < 4.78 is 58.4. The molecule has 3 aromatic rings. The Hall–Kier alpha value is -3.26. The van der Waals surface area contributed by atoms with Crippen molar-refractivity contribution in [3.63, 3.8) is 0 Å². The third-order valence-corrected chi connectivity index (χ3v) is 12.0. The minimum Gasteiger partial charge on any atom is -0.452 e. The normalized spacial score (nSPS) is 22.2. The molecule has 13 heteroatoms. The smallest absolute Gasteiger partial charge is 0.277 e. The molecular weight excluding hydrogens is 592 g/mol. The molecule has 6 rings (SSSR count). The van der Waals surface area contributed by atoms with Gasteiger partial charge in [-0.15, -0.1) is 0 Å². The van der Waals surface area contributed by atoms with Gasteiger partial charge in [-0.05, 0) is 74.8 Å². The predicted octanol–water partition coefficient (Wildman–Crippen LogP) is 4.03. The monoisotopic (exact) mass is 628 g/mol. The van der Waals surface area contributed by atoms with Crippen molar-refractivity contribution in [3.05, 3.63) is 54.3 Å². The first-order valence-electron chi connectivity index (χ1n) is 14.7. The summed E-state index contributed by atoms with van der Waals surface area (Å²) in [6.07, 6.45) is 7.55. The first-order chi connectivity index (χ1) is 20.6. The minimum absolute atomic E-state index is 0.0987. The highest BCUT2D eigenvalue weighted by Gasteiger charge is 2.39. The maximum absolute atomic E-state index is 13.6. The second kappa shape index (κ2) is 11.7. The van der Waals surface area contributed by atoms with Crippen LogP contribution in [0.15, 0.2) is 58.2 Å². The number of carbonyl (C=O) groups excluding carboxylic acids is 2. The molecule has 230 valence electrons. The molecule has 0 bridgehead atoms. The number of nitrogens with one attached hydrogen (secondary N) is 1. The van der Waals surface area contributed by atoms with Crippen molar-refractivity contribution in [2.75, 3.05) is 42.7 Å². The molecule has 0 radical (unpaired) electrons. The highest BCUT2D eigenvalue weighted by Crippen LogP contribution is 2.41. The van der Waals surface area contributed by atoms with E-state index in [1.165, 1.54) is 29.0 Å². The maximum Gasteiger partial charge on any atom is 0.277 e. The lowest BCUT2D eigenvalue weighted by Crippen LogP contribution is -2.49. The van der Waals surface area contributed by atoms with Gasteiger partial charge in [0.15, 0.2) is 0 Å². The van der Waals surface area contributed by atoms with Crippen LogP contribution in [0.3, 0.4) is 0 Å². The van der Waals surface area contributed by atoms with E-state index in [1.807, 2.05) is 12.1 Å². The average Bonchev–Trinajstić information content (AvgIpc) is 3.54. The number of carbonyl (C=O) groups is 2. The van der Waals surface area contributed by atoms with Crippen LogP contribution in [0.25, 0.3) is 10.8 Å². The summed E-state index contributed by atoms with van der Waals surface area (Å²) in [7, 11) is -7.19. The van der Waals surface area contributed by atoms with Gasteiger partial charge in [-0.25, -0.2) is 21.1 Å².